The third-order valence-corrected chi connectivity index (χ3v) is 9.01. The molecule has 0 bridgehead atoms. The van der Waals surface area contributed by atoms with Gasteiger partial charge in [0.15, 0.2) is 0 Å². The molecule has 4 nitrogen and oxygen atoms in total. The number of ketones is 1. The highest BCUT2D eigenvalue weighted by atomic mass is 16.4. The highest BCUT2D eigenvalue weighted by Gasteiger charge is 2.62. The second-order valence-electron chi connectivity index (χ2n) is 9.97. The van der Waals surface area contributed by atoms with E-state index in [0.717, 1.165) is 44.9 Å². The fourth-order valence-corrected chi connectivity index (χ4v) is 7.74. The average molecular weight is 348 g/mol. The van der Waals surface area contributed by atoms with Crippen molar-refractivity contribution in [2.45, 2.75) is 77.7 Å². The van der Waals surface area contributed by atoms with Crippen molar-refractivity contribution < 1.29 is 19.8 Å². The van der Waals surface area contributed by atoms with E-state index in [-0.39, 0.29) is 29.3 Å². The molecule has 0 unspecified atom stereocenters. The summed E-state index contributed by atoms with van der Waals surface area (Å²) < 4.78 is 0. The van der Waals surface area contributed by atoms with E-state index in [1.165, 1.54) is 0 Å². The minimum atomic E-state index is -0.730. The minimum Gasteiger partial charge on any atom is -0.481 e. The van der Waals surface area contributed by atoms with E-state index in [4.69, 9.17) is 0 Å². The largest absolute Gasteiger partial charge is 0.481 e. The summed E-state index contributed by atoms with van der Waals surface area (Å²) in [5.74, 6) is 1.77. The fourth-order valence-electron chi connectivity index (χ4n) is 7.74. The quantitative estimate of drug-likeness (QED) is 0.798. The van der Waals surface area contributed by atoms with Crippen molar-refractivity contribution in [2.75, 3.05) is 0 Å². The zero-order chi connectivity index (χ0) is 18.0. The number of aliphatic hydroxyl groups is 1. The molecule has 4 heteroatoms. The molecule has 0 aliphatic heterocycles. The highest BCUT2D eigenvalue weighted by Crippen LogP contribution is 2.67. The van der Waals surface area contributed by atoms with Gasteiger partial charge in [-0.3, -0.25) is 9.59 Å². The third-order valence-electron chi connectivity index (χ3n) is 9.01. The highest BCUT2D eigenvalue weighted by molar-refractivity contribution is 5.79. The minimum absolute atomic E-state index is 0.107. The number of carboxylic acids is 1. The van der Waals surface area contributed by atoms with E-state index < -0.39 is 5.97 Å². The van der Waals surface area contributed by atoms with Gasteiger partial charge < -0.3 is 10.2 Å². The number of rotatable bonds is 2. The molecule has 4 aliphatic carbocycles. The van der Waals surface area contributed by atoms with Crippen molar-refractivity contribution >= 4 is 11.8 Å². The summed E-state index contributed by atoms with van der Waals surface area (Å²) in [5.41, 5.74) is 0.119. The van der Waals surface area contributed by atoms with Crippen LogP contribution in [0.3, 0.4) is 0 Å². The predicted octanol–water partition coefficient (Wildman–Crippen LogP) is 3.66. The van der Waals surface area contributed by atoms with E-state index in [0.29, 0.717) is 35.9 Å². The second kappa shape index (κ2) is 5.80. The summed E-state index contributed by atoms with van der Waals surface area (Å²) in [6, 6.07) is 0. The topological polar surface area (TPSA) is 74.6 Å². The van der Waals surface area contributed by atoms with Crippen LogP contribution in [0.15, 0.2) is 0 Å². The van der Waals surface area contributed by atoms with Crippen LogP contribution in [-0.4, -0.2) is 28.1 Å². The van der Waals surface area contributed by atoms with Gasteiger partial charge in [-0.2, -0.15) is 0 Å². The SMILES string of the molecule is C[C@]12CC[C@H]3[C@@H](CC[C@H]4CC(=O)CC[C@@]43C)[C@@H]1[C@@H](CC(=O)O)C[C@@H]2O. The predicted molar refractivity (Wildman–Crippen MR) is 93.9 cm³/mol. The molecule has 0 aromatic heterocycles. The third kappa shape index (κ3) is 2.50. The van der Waals surface area contributed by atoms with E-state index in [2.05, 4.69) is 13.8 Å². The zero-order valence-corrected chi connectivity index (χ0v) is 15.5. The number of hydrogen-bond acceptors (Lipinski definition) is 3. The number of Topliss-reactive ketones (excluding diaryl/α,β-unsaturated/α-hetero) is 1. The molecular weight excluding hydrogens is 316 g/mol. The van der Waals surface area contributed by atoms with Gasteiger partial charge in [-0.1, -0.05) is 13.8 Å². The molecule has 4 rings (SSSR count). The second-order valence-corrected chi connectivity index (χ2v) is 9.97. The molecule has 25 heavy (non-hydrogen) atoms. The Balaban J connectivity index is 1.66. The fraction of sp³-hybridized carbons (Fsp3) is 0.905. The summed E-state index contributed by atoms with van der Waals surface area (Å²) in [6.07, 6.45) is 7.32. The van der Waals surface area contributed by atoms with Gasteiger partial charge in [0.05, 0.1) is 6.10 Å². The molecule has 0 spiro atoms. The molecule has 0 aromatic rings. The maximum absolute atomic E-state index is 12.0. The van der Waals surface area contributed by atoms with Crippen molar-refractivity contribution in [3.8, 4) is 0 Å². The van der Waals surface area contributed by atoms with Gasteiger partial charge in [-0.05, 0) is 78.9 Å². The molecule has 8 atom stereocenters. The van der Waals surface area contributed by atoms with Gasteiger partial charge in [0.2, 0.25) is 0 Å². The van der Waals surface area contributed by atoms with Crippen molar-refractivity contribution in [3.63, 3.8) is 0 Å². The number of carbonyl (C=O) groups excluding carboxylic acids is 1. The van der Waals surface area contributed by atoms with Gasteiger partial charge in [0.25, 0.3) is 0 Å². The summed E-state index contributed by atoms with van der Waals surface area (Å²) in [6.45, 7) is 4.61. The van der Waals surface area contributed by atoms with E-state index >= 15 is 0 Å². The number of carboxylic acid groups (broad SMARTS) is 1. The van der Waals surface area contributed by atoms with Crippen molar-refractivity contribution in [2.24, 2.45) is 40.4 Å². The zero-order valence-electron chi connectivity index (χ0n) is 15.5. The Morgan fingerprint density at radius 3 is 2.64 bits per heavy atom. The van der Waals surface area contributed by atoms with Gasteiger partial charge in [0, 0.05) is 19.3 Å². The molecular formula is C21H32O4. The van der Waals surface area contributed by atoms with Crippen LogP contribution < -0.4 is 0 Å². The smallest absolute Gasteiger partial charge is 0.303 e. The molecule has 0 aromatic carbocycles. The van der Waals surface area contributed by atoms with Crippen LogP contribution in [0, 0.1) is 40.4 Å². The monoisotopic (exact) mass is 348 g/mol. The van der Waals surface area contributed by atoms with Crippen LogP contribution in [0.4, 0.5) is 0 Å². The number of carbonyl (C=O) groups is 2. The Kier molecular flexibility index (Phi) is 4.06. The van der Waals surface area contributed by atoms with Gasteiger partial charge >= 0.3 is 5.97 Å². The number of aliphatic carboxylic acids is 1. The van der Waals surface area contributed by atoms with Gasteiger partial charge in [-0.15, -0.1) is 0 Å². The van der Waals surface area contributed by atoms with Crippen LogP contribution in [0.25, 0.3) is 0 Å². The Morgan fingerprint density at radius 2 is 1.92 bits per heavy atom. The molecule has 0 saturated heterocycles. The van der Waals surface area contributed by atoms with Gasteiger partial charge in [0.1, 0.15) is 5.78 Å². The molecule has 4 saturated carbocycles. The van der Waals surface area contributed by atoms with Crippen molar-refractivity contribution in [3.05, 3.63) is 0 Å². The lowest BCUT2D eigenvalue weighted by molar-refractivity contribution is -0.148. The molecule has 4 aliphatic rings. The summed E-state index contributed by atoms with van der Waals surface area (Å²) in [7, 11) is 0. The first-order valence-electron chi connectivity index (χ1n) is 10.2. The molecule has 0 radical (unpaired) electrons. The number of hydrogen-bond donors (Lipinski definition) is 2. The number of aliphatic hydroxyl groups excluding tert-OH is 1. The summed E-state index contributed by atoms with van der Waals surface area (Å²) >= 11 is 0. The van der Waals surface area contributed by atoms with E-state index in [1.807, 2.05) is 0 Å². The first-order chi connectivity index (χ1) is 11.8. The van der Waals surface area contributed by atoms with Crippen LogP contribution in [-0.2, 0) is 9.59 Å². The van der Waals surface area contributed by atoms with E-state index in [9.17, 15) is 19.8 Å². The lowest BCUT2D eigenvalue weighted by atomic mass is 9.44. The normalized spacial score (nSPS) is 52.2. The number of fused-ring (bicyclic) bond motifs is 5. The Labute approximate surface area is 150 Å². The van der Waals surface area contributed by atoms with E-state index in [1.54, 1.807) is 0 Å². The molecule has 2 N–H and O–H groups in total. The van der Waals surface area contributed by atoms with Crippen molar-refractivity contribution in [1.82, 2.24) is 0 Å². The molecule has 0 heterocycles. The maximum atomic E-state index is 12.0. The Bertz CT molecular complexity index is 586. The molecule has 0 amide bonds. The first kappa shape index (κ1) is 17.5. The lowest BCUT2D eigenvalue weighted by Gasteiger charge is -2.60. The van der Waals surface area contributed by atoms with Crippen LogP contribution in [0.1, 0.15) is 71.6 Å². The summed E-state index contributed by atoms with van der Waals surface area (Å²) in [5, 5.41) is 20.1. The molecule has 140 valence electrons. The van der Waals surface area contributed by atoms with Crippen LogP contribution in [0.5, 0.6) is 0 Å². The standard InChI is InChI=1S/C21H32O4/c1-20-7-5-14(22)11-13(20)3-4-15-16(20)6-8-21(2)17(23)9-12(19(15)21)10-18(24)25/h12-13,15-17,19,23H,3-11H2,1-2H3,(H,24,25)/t12-,13+,15-,16+,17+,19+,20+,21-/m1/s1. The van der Waals surface area contributed by atoms with Crippen LogP contribution in [0.2, 0.25) is 0 Å². The average Bonchev–Trinajstić information content (AvgIpc) is 2.78. The van der Waals surface area contributed by atoms with Crippen LogP contribution >= 0.6 is 0 Å². The lowest BCUT2D eigenvalue weighted by Crippen LogP contribution is -2.54. The van der Waals surface area contributed by atoms with Crippen molar-refractivity contribution in [1.29, 1.82) is 0 Å². The Morgan fingerprint density at radius 1 is 1.16 bits per heavy atom. The Hall–Kier alpha value is -0.900. The first-order valence-corrected chi connectivity index (χ1v) is 10.2. The maximum Gasteiger partial charge on any atom is 0.303 e. The summed E-state index contributed by atoms with van der Waals surface area (Å²) in [4.78, 5) is 23.4. The van der Waals surface area contributed by atoms with Gasteiger partial charge in [-0.25, -0.2) is 0 Å². The molecule has 4 fully saturated rings.